The molecular formula is C19H31N5O3. The van der Waals surface area contributed by atoms with Crippen molar-refractivity contribution in [1.82, 2.24) is 20.4 Å². The summed E-state index contributed by atoms with van der Waals surface area (Å²) in [5.74, 6) is 1.42. The van der Waals surface area contributed by atoms with E-state index in [0.717, 1.165) is 45.1 Å². The van der Waals surface area contributed by atoms with Crippen LogP contribution in [0.5, 0.6) is 5.75 Å². The molecule has 0 aromatic heterocycles. The molecule has 8 nitrogen and oxygen atoms in total. The van der Waals surface area contributed by atoms with E-state index in [9.17, 15) is 4.79 Å². The summed E-state index contributed by atoms with van der Waals surface area (Å²) in [4.78, 5) is 20.1. The van der Waals surface area contributed by atoms with Gasteiger partial charge in [-0.05, 0) is 12.1 Å². The van der Waals surface area contributed by atoms with Crippen LogP contribution in [0.3, 0.4) is 0 Å². The van der Waals surface area contributed by atoms with E-state index in [1.807, 2.05) is 30.3 Å². The second-order valence-electron chi connectivity index (χ2n) is 6.42. The highest BCUT2D eigenvalue weighted by molar-refractivity contribution is 5.84. The van der Waals surface area contributed by atoms with Crippen LogP contribution in [0.25, 0.3) is 0 Å². The smallest absolute Gasteiger partial charge is 0.243 e. The lowest BCUT2D eigenvalue weighted by Gasteiger charge is -2.26. The van der Waals surface area contributed by atoms with Gasteiger partial charge in [0.05, 0.1) is 19.8 Å². The molecule has 0 spiro atoms. The van der Waals surface area contributed by atoms with E-state index in [0.29, 0.717) is 19.1 Å². The van der Waals surface area contributed by atoms with Gasteiger partial charge in [-0.25, -0.2) is 4.99 Å². The number of morpholine rings is 1. The third-order valence-electron chi connectivity index (χ3n) is 4.10. The molecule has 1 aromatic carbocycles. The lowest BCUT2D eigenvalue weighted by Crippen LogP contribution is -2.45. The molecule has 27 heavy (non-hydrogen) atoms. The molecule has 1 heterocycles. The van der Waals surface area contributed by atoms with Crippen molar-refractivity contribution in [2.75, 3.05) is 73.2 Å². The lowest BCUT2D eigenvalue weighted by molar-refractivity contribution is -0.127. The van der Waals surface area contributed by atoms with Crippen LogP contribution < -0.4 is 15.4 Å². The summed E-state index contributed by atoms with van der Waals surface area (Å²) in [7, 11) is 3.45. The van der Waals surface area contributed by atoms with Crippen molar-refractivity contribution >= 4 is 11.9 Å². The fourth-order valence-electron chi connectivity index (χ4n) is 2.47. The predicted molar refractivity (Wildman–Crippen MR) is 106 cm³/mol. The monoisotopic (exact) mass is 377 g/mol. The summed E-state index contributed by atoms with van der Waals surface area (Å²) in [5, 5.41) is 6.51. The minimum atomic E-state index is -0.0372. The number of ether oxygens (including phenoxy) is 2. The van der Waals surface area contributed by atoms with Crippen LogP contribution in [0.15, 0.2) is 35.3 Å². The number of carbonyl (C=O) groups is 1. The largest absolute Gasteiger partial charge is 0.492 e. The zero-order valence-corrected chi connectivity index (χ0v) is 16.3. The van der Waals surface area contributed by atoms with Crippen molar-refractivity contribution in [2.24, 2.45) is 4.99 Å². The van der Waals surface area contributed by atoms with E-state index in [4.69, 9.17) is 9.47 Å². The minimum Gasteiger partial charge on any atom is -0.492 e. The van der Waals surface area contributed by atoms with Crippen molar-refractivity contribution in [1.29, 1.82) is 0 Å². The van der Waals surface area contributed by atoms with Gasteiger partial charge in [-0.3, -0.25) is 9.69 Å². The SMILES string of the molecule is CN(C)C(=O)CN=C(NCCOc1ccccc1)NCCN1CCOCC1. The highest BCUT2D eigenvalue weighted by atomic mass is 16.5. The molecule has 1 aromatic rings. The third-order valence-corrected chi connectivity index (χ3v) is 4.10. The summed E-state index contributed by atoms with van der Waals surface area (Å²) in [6, 6.07) is 9.68. The van der Waals surface area contributed by atoms with Gasteiger partial charge in [0.1, 0.15) is 18.9 Å². The Morgan fingerprint density at radius 1 is 1.19 bits per heavy atom. The molecular weight excluding hydrogens is 346 g/mol. The molecule has 1 saturated heterocycles. The zero-order valence-electron chi connectivity index (χ0n) is 16.3. The molecule has 1 aliphatic heterocycles. The Morgan fingerprint density at radius 2 is 1.89 bits per heavy atom. The molecule has 2 rings (SSSR count). The Labute approximate surface area is 161 Å². The average Bonchev–Trinajstić information content (AvgIpc) is 2.70. The third kappa shape index (κ3) is 8.74. The summed E-state index contributed by atoms with van der Waals surface area (Å²) >= 11 is 0. The van der Waals surface area contributed by atoms with Gasteiger partial charge >= 0.3 is 0 Å². The van der Waals surface area contributed by atoms with Crippen LogP contribution in [0.1, 0.15) is 0 Å². The highest BCUT2D eigenvalue weighted by Gasteiger charge is 2.10. The number of para-hydroxylation sites is 1. The number of guanidine groups is 1. The number of likely N-dealkylation sites (N-methyl/N-ethyl adjacent to an activating group) is 1. The predicted octanol–water partition coefficient (Wildman–Crippen LogP) is 0.0210. The standard InChI is InChI=1S/C19H31N5O3/c1-23(2)18(25)16-22-19(20-8-10-24-11-14-26-15-12-24)21-9-13-27-17-6-4-3-5-7-17/h3-7H,8-16H2,1-2H3,(H2,20,21,22). The van der Waals surface area contributed by atoms with Gasteiger partial charge in [0.25, 0.3) is 0 Å². The maximum Gasteiger partial charge on any atom is 0.243 e. The quantitative estimate of drug-likeness (QED) is 0.359. The molecule has 150 valence electrons. The molecule has 1 amide bonds. The number of nitrogens with zero attached hydrogens (tertiary/aromatic N) is 3. The average molecular weight is 377 g/mol. The molecule has 0 unspecified atom stereocenters. The van der Waals surface area contributed by atoms with Crippen molar-refractivity contribution in [3.05, 3.63) is 30.3 Å². The topological polar surface area (TPSA) is 78.4 Å². The van der Waals surface area contributed by atoms with Crippen molar-refractivity contribution in [2.45, 2.75) is 0 Å². The maximum absolute atomic E-state index is 11.8. The second kappa shape index (κ2) is 12.1. The van der Waals surface area contributed by atoms with Crippen LogP contribution in [-0.4, -0.2) is 94.9 Å². The zero-order chi connectivity index (χ0) is 19.3. The minimum absolute atomic E-state index is 0.0372. The van der Waals surface area contributed by atoms with E-state index in [-0.39, 0.29) is 12.5 Å². The number of hydrogen-bond donors (Lipinski definition) is 2. The fraction of sp³-hybridized carbons (Fsp3) is 0.579. The first-order chi connectivity index (χ1) is 13.1. The van der Waals surface area contributed by atoms with E-state index in [2.05, 4.69) is 20.5 Å². The first-order valence-electron chi connectivity index (χ1n) is 9.35. The summed E-state index contributed by atoms with van der Waals surface area (Å²) in [5.41, 5.74) is 0. The van der Waals surface area contributed by atoms with Crippen LogP contribution >= 0.6 is 0 Å². The molecule has 0 bridgehead atoms. The summed E-state index contributed by atoms with van der Waals surface area (Å²) < 4.78 is 11.0. The van der Waals surface area contributed by atoms with Crippen LogP contribution in [0.4, 0.5) is 0 Å². The van der Waals surface area contributed by atoms with E-state index < -0.39 is 0 Å². The maximum atomic E-state index is 11.8. The number of nitrogens with one attached hydrogen (secondary N) is 2. The van der Waals surface area contributed by atoms with Gasteiger partial charge in [-0.15, -0.1) is 0 Å². The van der Waals surface area contributed by atoms with E-state index >= 15 is 0 Å². The highest BCUT2D eigenvalue weighted by Crippen LogP contribution is 2.07. The van der Waals surface area contributed by atoms with Crippen molar-refractivity contribution in [3.8, 4) is 5.75 Å². The Hall–Kier alpha value is -2.32. The molecule has 1 fully saturated rings. The van der Waals surface area contributed by atoms with Gasteiger partial charge in [-0.1, -0.05) is 18.2 Å². The number of aliphatic imine (C=N–C) groups is 1. The fourth-order valence-corrected chi connectivity index (χ4v) is 2.47. The molecule has 1 aliphatic rings. The number of amides is 1. The van der Waals surface area contributed by atoms with E-state index in [1.165, 1.54) is 4.90 Å². The van der Waals surface area contributed by atoms with Gasteiger partial charge in [-0.2, -0.15) is 0 Å². The van der Waals surface area contributed by atoms with Crippen LogP contribution in [-0.2, 0) is 9.53 Å². The first kappa shape index (κ1) is 21.0. The number of carbonyl (C=O) groups excluding carboxylic acids is 1. The van der Waals surface area contributed by atoms with Crippen LogP contribution in [0.2, 0.25) is 0 Å². The first-order valence-corrected chi connectivity index (χ1v) is 9.35. The number of rotatable bonds is 9. The number of benzene rings is 1. The van der Waals surface area contributed by atoms with Crippen molar-refractivity contribution in [3.63, 3.8) is 0 Å². The Kier molecular flexibility index (Phi) is 9.43. The summed E-state index contributed by atoms with van der Waals surface area (Å²) in [6.07, 6.45) is 0. The Balaban J connectivity index is 1.75. The normalized spacial score (nSPS) is 15.3. The molecule has 0 aliphatic carbocycles. The van der Waals surface area contributed by atoms with Crippen LogP contribution in [0, 0.1) is 0 Å². The molecule has 0 saturated carbocycles. The van der Waals surface area contributed by atoms with Gasteiger partial charge in [0, 0.05) is 40.3 Å². The van der Waals surface area contributed by atoms with Crippen molar-refractivity contribution < 1.29 is 14.3 Å². The molecule has 8 heteroatoms. The number of hydrogen-bond acceptors (Lipinski definition) is 5. The molecule has 0 radical (unpaired) electrons. The van der Waals surface area contributed by atoms with Gasteiger partial charge in [0.2, 0.25) is 5.91 Å². The molecule has 2 N–H and O–H groups in total. The van der Waals surface area contributed by atoms with Gasteiger partial charge in [0.15, 0.2) is 5.96 Å². The molecule has 0 atom stereocenters. The van der Waals surface area contributed by atoms with Gasteiger partial charge < -0.3 is 25.0 Å². The Morgan fingerprint density at radius 3 is 2.59 bits per heavy atom. The summed E-state index contributed by atoms with van der Waals surface area (Å²) in [6.45, 7) is 6.34. The second-order valence-corrected chi connectivity index (χ2v) is 6.42. The Bertz CT molecular complexity index is 574. The lowest BCUT2D eigenvalue weighted by atomic mass is 10.3. The van der Waals surface area contributed by atoms with E-state index in [1.54, 1.807) is 14.1 Å².